The van der Waals surface area contributed by atoms with E-state index < -0.39 is 22.0 Å². The lowest BCUT2D eigenvalue weighted by molar-refractivity contribution is -0.117. The Morgan fingerprint density at radius 1 is 1.29 bits per heavy atom. The number of nitrogens with one attached hydrogen (secondary N) is 1. The standard InChI is InChI=1S/C16H20Cl2N4O3S3/c1-5-13(14(23)19-15-20-21-16(27-15)26-9(2)3)22(28(4,24)25)10-6-7-11(17)12(18)8-10/h6-9,13H,5H2,1-4H3,(H,19,20,23). The van der Waals surface area contributed by atoms with Crippen LogP contribution in [0.4, 0.5) is 10.8 Å². The molecular weight excluding hydrogens is 463 g/mol. The third kappa shape index (κ3) is 5.96. The van der Waals surface area contributed by atoms with Gasteiger partial charge in [0.15, 0.2) is 4.34 Å². The van der Waals surface area contributed by atoms with Crippen LogP contribution in [0.25, 0.3) is 0 Å². The molecule has 0 aliphatic rings. The summed E-state index contributed by atoms with van der Waals surface area (Å²) in [4.78, 5) is 12.8. The molecular formula is C16H20Cl2N4O3S3. The largest absolute Gasteiger partial charge is 0.299 e. The minimum atomic E-state index is -3.77. The SMILES string of the molecule is CCC(C(=O)Nc1nnc(SC(C)C)s1)N(c1ccc(Cl)c(Cl)c1)S(C)(=O)=O. The lowest BCUT2D eigenvalue weighted by Crippen LogP contribution is -2.47. The molecule has 28 heavy (non-hydrogen) atoms. The Morgan fingerprint density at radius 3 is 2.50 bits per heavy atom. The molecule has 0 spiro atoms. The Balaban J connectivity index is 2.31. The highest BCUT2D eigenvalue weighted by Crippen LogP contribution is 2.31. The smallest absolute Gasteiger partial charge is 0.250 e. The molecule has 0 bridgehead atoms. The van der Waals surface area contributed by atoms with Crippen LogP contribution in [0.15, 0.2) is 22.5 Å². The minimum Gasteiger partial charge on any atom is -0.299 e. The summed E-state index contributed by atoms with van der Waals surface area (Å²) in [6.07, 6.45) is 1.28. The van der Waals surface area contributed by atoms with Crippen LogP contribution in [-0.2, 0) is 14.8 Å². The summed E-state index contributed by atoms with van der Waals surface area (Å²) in [7, 11) is -3.77. The Morgan fingerprint density at radius 2 is 1.96 bits per heavy atom. The fourth-order valence-corrected chi connectivity index (χ4v) is 5.85. The molecule has 0 aliphatic carbocycles. The number of thioether (sulfide) groups is 1. The van der Waals surface area contributed by atoms with Crippen molar-refractivity contribution in [3.8, 4) is 0 Å². The topological polar surface area (TPSA) is 92.3 Å². The van der Waals surface area contributed by atoms with Crippen molar-refractivity contribution in [2.24, 2.45) is 0 Å². The van der Waals surface area contributed by atoms with Crippen LogP contribution in [0, 0.1) is 0 Å². The van der Waals surface area contributed by atoms with E-state index >= 15 is 0 Å². The Hall–Kier alpha value is -1.07. The first-order valence-electron chi connectivity index (χ1n) is 8.28. The zero-order chi connectivity index (χ0) is 21.1. The van der Waals surface area contributed by atoms with Crippen molar-refractivity contribution in [1.29, 1.82) is 0 Å². The molecule has 1 atom stereocenters. The van der Waals surface area contributed by atoms with Gasteiger partial charge >= 0.3 is 0 Å². The highest BCUT2D eigenvalue weighted by molar-refractivity contribution is 8.01. The number of hydrogen-bond donors (Lipinski definition) is 1. The number of benzene rings is 1. The highest BCUT2D eigenvalue weighted by atomic mass is 35.5. The lowest BCUT2D eigenvalue weighted by atomic mass is 10.2. The fourth-order valence-electron chi connectivity index (χ4n) is 2.38. The quantitative estimate of drug-likeness (QED) is 0.438. The number of nitrogens with zero attached hydrogens (tertiary/aromatic N) is 3. The van der Waals surface area contributed by atoms with E-state index in [-0.39, 0.29) is 17.1 Å². The molecule has 0 aliphatic heterocycles. The third-order valence-corrected chi connectivity index (χ3v) is 7.31. The normalized spacial score (nSPS) is 12.8. The average Bonchev–Trinajstić information content (AvgIpc) is 3.00. The number of carbonyl (C=O) groups is 1. The first kappa shape index (κ1) is 23.2. The van der Waals surface area contributed by atoms with E-state index in [2.05, 4.69) is 15.5 Å². The molecule has 0 radical (unpaired) electrons. The maximum absolute atomic E-state index is 12.8. The van der Waals surface area contributed by atoms with Gasteiger partial charge in [0.05, 0.1) is 22.0 Å². The van der Waals surface area contributed by atoms with E-state index in [0.29, 0.717) is 15.4 Å². The van der Waals surface area contributed by atoms with Crippen molar-refractivity contribution in [1.82, 2.24) is 10.2 Å². The average molecular weight is 483 g/mol. The van der Waals surface area contributed by atoms with Gasteiger partial charge in [-0.25, -0.2) is 8.42 Å². The van der Waals surface area contributed by atoms with Gasteiger partial charge in [-0.3, -0.25) is 14.4 Å². The highest BCUT2D eigenvalue weighted by Gasteiger charge is 2.32. The summed E-state index contributed by atoms with van der Waals surface area (Å²) < 4.78 is 26.7. The Labute approximate surface area is 182 Å². The van der Waals surface area contributed by atoms with E-state index in [1.165, 1.54) is 41.3 Å². The molecule has 0 saturated heterocycles. The second-order valence-corrected chi connectivity index (χ2v) is 11.6. The molecule has 0 fully saturated rings. The van der Waals surface area contributed by atoms with Gasteiger partial charge < -0.3 is 0 Å². The maximum atomic E-state index is 12.8. The van der Waals surface area contributed by atoms with Crippen molar-refractivity contribution in [3.63, 3.8) is 0 Å². The van der Waals surface area contributed by atoms with Gasteiger partial charge in [0.2, 0.25) is 21.1 Å². The third-order valence-electron chi connectivity index (χ3n) is 3.46. The Bertz CT molecular complexity index is 950. The Kier molecular flexibility index (Phi) is 7.97. The van der Waals surface area contributed by atoms with Crippen molar-refractivity contribution in [3.05, 3.63) is 28.2 Å². The van der Waals surface area contributed by atoms with Crippen LogP contribution in [0.3, 0.4) is 0 Å². The summed E-state index contributed by atoms with van der Waals surface area (Å²) in [6, 6.07) is 3.43. The molecule has 154 valence electrons. The first-order chi connectivity index (χ1) is 13.0. The van der Waals surface area contributed by atoms with Crippen LogP contribution < -0.4 is 9.62 Å². The number of hydrogen-bond acceptors (Lipinski definition) is 7. The van der Waals surface area contributed by atoms with Crippen LogP contribution in [-0.4, -0.2) is 42.1 Å². The molecule has 1 amide bonds. The van der Waals surface area contributed by atoms with Crippen LogP contribution in [0.1, 0.15) is 27.2 Å². The molecule has 7 nitrogen and oxygen atoms in total. The molecule has 2 aromatic rings. The summed E-state index contributed by atoms with van der Waals surface area (Å²) in [5.41, 5.74) is 0.257. The number of aromatic nitrogens is 2. The second kappa shape index (κ2) is 9.62. The van der Waals surface area contributed by atoms with E-state index in [4.69, 9.17) is 23.2 Å². The van der Waals surface area contributed by atoms with Gasteiger partial charge in [0.25, 0.3) is 0 Å². The fraction of sp³-hybridized carbons (Fsp3) is 0.438. The molecule has 2 rings (SSSR count). The maximum Gasteiger partial charge on any atom is 0.250 e. The summed E-state index contributed by atoms with van der Waals surface area (Å²) >= 11 is 14.7. The predicted molar refractivity (Wildman–Crippen MR) is 117 cm³/mol. The number of anilines is 2. The van der Waals surface area contributed by atoms with Crippen LogP contribution >= 0.6 is 46.3 Å². The summed E-state index contributed by atoms with van der Waals surface area (Å²) in [5.74, 6) is -0.503. The zero-order valence-electron chi connectivity index (χ0n) is 15.6. The van der Waals surface area contributed by atoms with E-state index in [9.17, 15) is 13.2 Å². The van der Waals surface area contributed by atoms with Crippen molar-refractivity contribution in [2.45, 2.75) is 42.8 Å². The predicted octanol–water partition coefficient (Wildman–Crippen LogP) is 4.53. The molecule has 1 aromatic heterocycles. The molecule has 12 heteroatoms. The van der Waals surface area contributed by atoms with Gasteiger partial charge in [-0.05, 0) is 24.6 Å². The van der Waals surface area contributed by atoms with Crippen LogP contribution in [0.2, 0.25) is 10.0 Å². The zero-order valence-corrected chi connectivity index (χ0v) is 19.6. The molecule has 0 saturated carbocycles. The molecule has 1 heterocycles. The lowest BCUT2D eigenvalue weighted by Gasteiger charge is -2.30. The summed E-state index contributed by atoms with van der Waals surface area (Å²) in [6.45, 7) is 5.78. The first-order valence-corrected chi connectivity index (χ1v) is 12.6. The van der Waals surface area contributed by atoms with E-state index in [0.717, 1.165) is 14.9 Å². The summed E-state index contributed by atoms with van der Waals surface area (Å²) in [5, 5.41) is 11.8. The van der Waals surface area contributed by atoms with Gasteiger partial charge in [0.1, 0.15) is 6.04 Å². The minimum absolute atomic E-state index is 0.197. The van der Waals surface area contributed by atoms with E-state index in [1.54, 1.807) is 6.92 Å². The van der Waals surface area contributed by atoms with Gasteiger partial charge in [-0.15, -0.1) is 10.2 Å². The van der Waals surface area contributed by atoms with Gasteiger partial charge in [-0.1, -0.05) is 67.1 Å². The van der Waals surface area contributed by atoms with Crippen molar-refractivity contribution < 1.29 is 13.2 Å². The van der Waals surface area contributed by atoms with Crippen molar-refractivity contribution in [2.75, 3.05) is 15.9 Å². The second-order valence-electron chi connectivity index (χ2n) is 6.11. The number of carbonyl (C=O) groups excluding carboxylic acids is 1. The molecule has 1 aromatic carbocycles. The van der Waals surface area contributed by atoms with Crippen molar-refractivity contribution >= 4 is 73.0 Å². The number of amides is 1. The monoisotopic (exact) mass is 482 g/mol. The number of sulfonamides is 1. The number of halogens is 2. The molecule has 1 unspecified atom stereocenters. The van der Waals surface area contributed by atoms with Gasteiger partial charge in [-0.2, -0.15) is 0 Å². The van der Waals surface area contributed by atoms with E-state index in [1.807, 2.05) is 13.8 Å². The van der Waals surface area contributed by atoms with Gasteiger partial charge in [0, 0.05) is 5.25 Å². The molecule has 1 N–H and O–H groups in total. The van der Waals surface area contributed by atoms with Crippen LogP contribution in [0.5, 0.6) is 0 Å². The number of rotatable bonds is 8.